The maximum atomic E-state index is 15.4. The number of benzene rings is 7. The second-order valence-electron chi connectivity index (χ2n) is 14.7. The van der Waals surface area contributed by atoms with Crippen molar-refractivity contribution in [2.75, 3.05) is 0 Å². The highest BCUT2D eigenvalue weighted by Crippen LogP contribution is 2.31. The molecule has 0 bridgehead atoms. The fraction of sp³-hybridized carbons (Fsp3) is 0.0217. The zero-order chi connectivity index (χ0) is 51.4. The van der Waals surface area contributed by atoms with Gasteiger partial charge in [0.2, 0.25) is 5.52 Å². The smallest absolute Gasteiger partial charge is 0.374 e. The van der Waals surface area contributed by atoms with Gasteiger partial charge in [0.15, 0.2) is 76.4 Å². The van der Waals surface area contributed by atoms with Crippen LogP contribution in [0.5, 0.6) is 11.6 Å². The Hall–Kier alpha value is -7.11. The Morgan fingerprint density at radius 3 is 1.01 bits per heavy atom. The number of ether oxygens (including phenoxy) is 1. The summed E-state index contributed by atoms with van der Waals surface area (Å²) < 4.78 is 303. The summed E-state index contributed by atoms with van der Waals surface area (Å²) in [6, 6.07) is 30.9. The summed E-state index contributed by atoms with van der Waals surface area (Å²) in [6.07, 6.45) is -7.22. The van der Waals surface area contributed by atoms with Crippen LogP contribution in [0.15, 0.2) is 95.5 Å². The second kappa shape index (κ2) is 19.4. The summed E-state index contributed by atoms with van der Waals surface area (Å²) >= 11 is 3.46. The minimum Gasteiger partial charge on any atom is -0.405 e. The van der Waals surface area contributed by atoms with Crippen LogP contribution in [0.25, 0.3) is 10.9 Å². The van der Waals surface area contributed by atoms with E-state index in [0.29, 0.717) is 0 Å². The molecule has 0 aliphatic rings. The molecule has 362 valence electrons. The van der Waals surface area contributed by atoms with Crippen LogP contribution in [0.1, 0.15) is 5.56 Å². The van der Waals surface area contributed by atoms with Crippen LogP contribution < -0.4 is 31.2 Å². The zero-order valence-electron chi connectivity index (χ0n) is 33.7. The third-order valence-electron chi connectivity index (χ3n) is 10.8. The van der Waals surface area contributed by atoms with Crippen LogP contribution in [0.3, 0.4) is 0 Å². The minimum atomic E-state index is -7.22. The van der Waals surface area contributed by atoms with E-state index >= 15 is 35.1 Å². The molecule has 0 radical (unpaired) electrons. The van der Waals surface area contributed by atoms with Crippen molar-refractivity contribution in [3.8, 4) is 11.6 Å². The number of rotatable bonds is 8. The molecule has 1 heterocycles. The van der Waals surface area contributed by atoms with Crippen molar-refractivity contribution >= 4 is 54.8 Å². The van der Waals surface area contributed by atoms with Gasteiger partial charge in [0.05, 0.1) is 6.07 Å². The minimum absolute atomic E-state index is 0.758. The van der Waals surface area contributed by atoms with Crippen molar-refractivity contribution in [1.29, 1.82) is 0 Å². The Balaban J connectivity index is 0.000000242. The van der Waals surface area contributed by atoms with Crippen molar-refractivity contribution in [2.45, 2.75) is 6.54 Å². The Bertz CT molecular complexity index is 3020. The highest BCUT2D eigenvalue weighted by molar-refractivity contribution is 9.10. The molecule has 0 aliphatic heterocycles. The maximum absolute atomic E-state index is 15.4. The number of nitrogens with zero attached hydrogens (tertiary/aromatic N) is 1. The Morgan fingerprint density at radius 2 is 0.657 bits per heavy atom. The molecular formula is C46H17BBrF20NO. The van der Waals surface area contributed by atoms with Crippen molar-refractivity contribution in [3.05, 3.63) is 217 Å². The number of hydrogen-bond acceptors (Lipinski definition) is 1. The third kappa shape index (κ3) is 8.23. The van der Waals surface area contributed by atoms with Crippen LogP contribution in [0.4, 0.5) is 87.8 Å². The lowest BCUT2D eigenvalue weighted by atomic mass is 9.12. The van der Waals surface area contributed by atoms with E-state index in [1.807, 2.05) is 36.4 Å². The molecule has 0 unspecified atom stereocenters. The SMILES string of the molecule is Brc1ccc(Oc2ccc3ccccc3[n+]2Cc2ccccc2)cc1.Fc1c(F)c(F)c([B-](c2c(F)c(F)c(F)c(F)c2F)(c2c(F)c(F)c(F)c(F)c2F)c2c(F)c(F)c(F)c(F)c2F)c(F)c1F. The van der Waals surface area contributed by atoms with Gasteiger partial charge >= 0.3 is 5.88 Å². The largest absolute Gasteiger partial charge is 0.405 e. The first-order valence-electron chi connectivity index (χ1n) is 19.1. The second-order valence-corrected chi connectivity index (χ2v) is 15.6. The van der Waals surface area contributed by atoms with Crippen molar-refractivity contribution in [1.82, 2.24) is 0 Å². The van der Waals surface area contributed by atoms with Crippen LogP contribution >= 0.6 is 15.9 Å². The van der Waals surface area contributed by atoms with Gasteiger partial charge in [-0.05, 0) is 36.4 Å². The molecule has 0 aliphatic carbocycles. The summed E-state index contributed by atoms with van der Waals surface area (Å²) in [5.74, 6) is -69.8. The van der Waals surface area contributed by atoms with E-state index in [1.165, 1.54) is 10.9 Å². The fourth-order valence-corrected chi connectivity index (χ4v) is 8.02. The lowest BCUT2D eigenvalue weighted by Gasteiger charge is -2.44. The summed E-state index contributed by atoms with van der Waals surface area (Å²) in [4.78, 5) is 0. The first-order valence-corrected chi connectivity index (χ1v) is 19.9. The van der Waals surface area contributed by atoms with E-state index < -0.39 is 144 Å². The monoisotopic (exact) mass is 1070 g/mol. The molecule has 1 aromatic heterocycles. The molecule has 8 aromatic rings. The highest BCUT2D eigenvalue weighted by atomic mass is 79.9. The fourth-order valence-electron chi connectivity index (χ4n) is 7.76. The number of pyridine rings is 1. The van der Waals surface area contributed by atoms with E-state index in [1.54, 1.807) is 0 Å². The Labute approximate surface area is 386 Å². The molecule has 24 heteroatoms. The van der Waals surface area contributed by atoms with Gasteiger partial charge in [-0.3, -0.25) is 0 Å². The summed E-state index contributed by atoms with van der Waals surface area (Å²) in [6.45, 7) is 0.758. The predicted molar refractivity (Wildman–Crippen MR) is 213 cm³/mol. The summed E-state index contributed by atoms with van der Waals surface area (Å²) in [7, 11) is 0. The zero-order valence-corrected chi connectivity index (χ0v) is 35.3. The lowest BCUT2D eigenvalue weighted by molar-refractivity contribution is -0.666. The number of fused-ring (bicyclic) bond motifs is 1. The van der Waals surface area contributed by atoms with Crippen LogP contribution in [0, 0.1) is 116 Å². The van der Waals surface area contributed by atoms with Gasteiger partial charge in [0.1, 0.15) is 58.4 Å². The van der Waals surface area contributed by atoms with Gasteiger partial charge in [-0.2, -0.15) is 4.57 Å². The van der Waals surface area contributed by atoms with Gasteiger partial charge in [-0.1, -0.05) is 58.4 Å². The Morgan fingerprint density at radius 1 is 0.343 bits per heavy atom. The van der Waals surface area contributed by atoms with Crippen LogP contribution in [-0.4, -0.2) is 6.15 Å². The van der Waals surface area contributed by atoms with E-state index in [0.717, 1.165) is 28.2 Å². The van der Waals surface area contributed by atoms with E-state index in [9.17, 15) is 52.7 Å². The van der Waals surface area contributed by atoms with Gasteiger partial charge < -0.3 is 4.74 Å². The van der Waals surface area contributed by atoms with Crippen LogP contribution in [0.2, 0.25) is 0 Å². The van der Waals surface area contributed by atoms with Gasteiger partial charge in [-0.25, -0.2) is 87.8 Å². The number of aromatic nitrogens is 1. The number of para-hydroxylation sites is 1. The maximum Gasteiger partial charge on any atom is 0.374 e. The average Bonchev–Trinajstić information content (AvgIpc) is 3.35. The molecule has 7 aromatic carbocycles. The molecule has 0 fully saturated rings. The average molecular weight is 1070 g/mol. The molecule has 2 nitrogen and oxygen atoms in total. The molecule has 0 N–H and O–H groups in total. The number of halogens is 21. The molecule has 0 saturated heterocycles. The van der Waals surface area contributed by atoms with E-state index in [2.05, 4.69) is 75.1 Å². The van der Waals surface area contributed by atoms with Gasteiger partial charge in [0, 0.05) is 21.5 Å². The number of hydrogen-bond donors (Lipinski definition) is 0. The first-order chi connectivity index (χ1) is 33.0. The Kier molecular flexibility index (Phi) is 14.0. The predicted octanol–water partition coefficient (Wildman–Crippen LogP) is 11.6. The molecule has 0 spiro atoms. The van der Waals surface area contributed by atoms with Crippen LogP contribution in [-0.2, 0) is 6.54 Å². The normalized spacial score (nSPS) is 11.6. The summed E-state index contributed by atoms with van der Waals surface area (Å²) in [5.41, 5.74) is -11.9. The van der Waals surface area contributed by atoms with E-state index in [4.69, 9.17) is 4.74 Å². The topological polar surface area (TPSA) is 13.1 Å². The molecule has 0 amide bonds. The van der Waals surface area contributed by atoms with Crippen molar-refractivity contribution in [3.63, 3.8) is 0 Å². The van der Waals surface area contributed by atoms with Gasteiger partial charge in [-0.15, -0.1) is 21.9 Å². The molecular weight excluding hydrogens is 1050 g/mol. The molecule has 0 saturated carbocycles. The van der Waals surface area contributed by atoms with Crippen molar-refractivity contribution < 1.29 is 97.1 Å². The lowest BCUT2D eigenvalue weighted by Crippen LogP contribution is -2.81. The van der Waals surface area contributed by atoms with E-state index in [-0.39, 0.29) is 0 Å². The molecule has 70 heavy (non-hydrogen) atoms. The third-order valence-corrected chi connectivity index (χ3v) is 11.4. The summed E-state index contributed by atoms with van der Waals surface area (Å²) in [5, 5.41) is 1.20. The quantitative estimate of drug-likeness (QED) is 0.0486. The first kappa shape index (κ1) is 50.8. The highest BCUT2D eigenvalue weighted by Gasteiger charge is 2.52. The molecule has 0 atom stereocenters. The molecule has 8 rings (SSSR count). The van der Waals surface area contributed by atoms with Crippen molar-refractivity contribution in [2.24, 2.45) is 0 Å². The van der Waals surface area contributed by atoms with Gasteiger partial charge in [0.25, 0.3) is 0 Å². The standard InChI is InChI=1S/C24BF20.C22H17BrNO/c26-5-1(6(27)14(35)21(42)13(5)34)25(2-7(28)15(36)22(43)16(37)8(2)29,3-9(30)17(38)23(44)18(39)10(3)31)4-11(32)19(40)24(45)20(41)12(4)33;23-19-11-13-20(14-12-19)25-22-15-10-18-8-4-5-9-21(18)24(22)16-17-6-2-1-3-7-17/h;1-15H,16H2/q-1;+1.